The van der Waals surface area contributed by atoms with Gasteiger partial charge in [0, 0.05) is 28.0 Å². The number of rotatable bonds is 3. The van der Waals surface area contributed by atoms with Gasteiger partial charge in [-0.15, -0.1) is 0 Å². The maximum absolute atomic E-state index is 13.7. The Labute approximate surface area is 181 Å². The Morgan fingerprint density at radius 2 is 2.00 bits per heavy atom. The molecule has 2 unspecified atom stereocenters. The van der Waals surface area contributed by atoms with Gasteiger partial charge in [-0.25, -0.2) is 4.39 Å². The number of carbonyl (C=O) groups excluding carboxylic acids is 1. The first-order chi connectivity index (χ1) is 14.9. The molecule has 0 spiro atoms. The third kappa shape index (κ3) is 2.91. The Bertz CT molecular complexity index is 1360. The molecule has 156 valence electrons. The first kappa shape index (κ1) is 18.7. The van der Waals surface area contributed by atoms with Crippen LogP contribution < -0.4 is 5.32 Å². The van der Waals surface area contributed by atoms with Crippen LogP contribution in [-0.4, -0.2) is 32.2 Å². The first-order valence-electron chi connectivity index (χ1n) is 10.1. The van der Waals surface area contributed by atoms with Crippen molar-refractivity contribution in [2.24, 2.45) is 11.8 Å². The molecule has 8 heteroatoms. The number of carbonyl (C=O) groups is 1. The number of pyridine rings is 1. The highest BCUT2D eigenvalue weighted by atomic mass is 35.5. The molecule has 2 aromatic carbocycles. The summed E-state index contributed by atoms with van der Waals surface area (Å²) in [5.74, 6) is -0.296. The molecule has 0 radical (unpaired) electrons. The Hall–Kier alpha value is -3.03. The Balaban J connectivity index is 1.22. The minimum atomic E-state index is -1.00. The maximum Gasteiger partial charge on any atom is 0.252 e. The van der Waals surface area contributed by atoms with Crippen LogP contribution >= 0.6 is 11.6 Å². The third-order valence-corrected chi connectivity index (χ3v) is 6.97. The van der Waals surface area contributed by atoms with E-state index in [2.05, 4.69) is 20.5 Å². The molecule has 2 aromatic heterocycles. The molecule has 0 aliphatic heterocycles. The van der Waals surface area contributed by atoms with Crippen LogP contribution in [0.25, 0.3) is 21.8 Å². The van der Waals surface area contributed by atoms with Gasteiger partial charge in [0.05, 0.1) is 28.4 Å². The van der Waals surface area contributed by atoms with Crippen LogP contribution in [-0.2, 0) is 5.60 Å². The number of fused-ring (bicyclic) bond motifs is 3. The average Bonchev–Trinajstić information content (AvgIpc) is 3.10. The lowest BCUT2D eigenvalue weighted by atomic mass is 9.86. The van der Waals surface area contributed by atoms with E-state index >= 15 is 0 Å². The van der Waals surface area contributed by atoms with E-state index in [4.69, 9.17) is 11.6 Å². The van der Waals surface area contributed by atoms with Crippen molar-refractivity contribution in [3.63, 3.8) is 0 Å². The van der Waals surface area contributed by atoms with Gasteiger partial charge in [-0.05, 0) is 66.6 Å². The monoisotopic (exact) mass is 436 g/mol. The number of hydrogen-bond donors (Lipinski definition) is 3. The second-order valence-electron chi connectivity index (χ2n) is 8.57. The van der Waals surface area contributed by atoms with E-state index in [1.54, 1.807) is 36.7 Å². The van der Waals surface area contributed by atoms with Crippen molar-refractivity contribution in [2.45, 2.75) is 24.5 Å². The smallest absolute Gasteiger partial charge is 0.252 e. The number of nitrogens with zero attached hydrogens (tertiary/aromatic N) is 2. The summed E-state index contributed by atoms with van der Waals surface area (Å²) in [5.41, 5.74) is 1.54. The number of aromatic amines is 1. The highest BCUT2D eigenvalue weighted by Crippen LogP contribution is 2.60. The second-order valence-corrected chi connectivity index (χ2v) is 9.01. The Morgan fingerprint density at radius 3 is 2.81 bits per heavy atom. The molecule has 4 aromatic rings. The molecule has 6 rings (SSSR count). The van der Waals surface area contributed by atoms with Crippen LogP contribution in [0, 0.1) is 17.7 Å². The number of amides is 1. The Kier molecular flexibility index (Phi) is 3.91. The molecule has 2 aliphatic carbocycles. The van der Waals surface area contributed by atoms with Crippen LogP contribution in [0.2, 0.25) is 5.02 Å². The molecule has 2 heterocycles. The van der Waals surface area contributed by atoms with E-state index < -0.39 is 11.4 Å². The molecular formula is C23H18ClFN4O2. The second kappa shape index (κ2) is 6.48. The van der Waals surface area contributed by atoms with Crippen molar-refractivity contribution in [1.29, 1.82) is 0 Å². The zero-order valence-electron chi connectivity index (χ0n) is 16.3. The summed E-state index contributed by atoms with van der Waals surface area (Å²) >= 11 is 6.25. The van der Waals surface area contributed by atoms with Crippen molar-refractivity contribution >= 4 is 39.3 Å². The van der Waals surface area contributed by atoms with E-state index in [-0.39, 0.29) is 23.8 Å². The first-order valence-corrected chi connectivity index (χ1v) is 10.5. The fraction of sp³-hybridized carbons (Fsp3) is 0.261. The number of H-pyrrole nitrogens is 1. The number of aliphatic hydroxyl groups is 1. The summed E-state index contributed by atoms with van der Waals surface area (Å²) in [6.07, 6.45) is 4.33. The summed E-state index contributed by atoms with van der Waals surface area (Å²) in [5, 5.41) is 23.3. The lowest BCUT2D eigenvalue weighted by Crippen LogP contribution is -2.33. The normalized spacial score (nSPS) is 26.9. The van der Waals surface area contributed by atoms with E-state index in [0.29, 0.717) is 34.3 Å². The van der Waals surface area contributed by atoms with Crippen LogP contribution in [0.1, 0.15) is 28.8 Å². The van der Waals surface area contributed by atoms with Crippen molar-refractivity contribution in [3.05, 3.63) is 70.8 Å². The molecule has 2 saturated carbocycles. The molecular weight excluding hydrogens is 419 g/mol. The lowest BCUT2D eigenvalue weighted by molar-refractivity contribution is 0.0293. The van der Waals surface area contributed by atoms with Gasteiger partial charge in [0.1, 0.15) is 5.82 Å². The Morgan fingerprint density at radius 1 is 1.19 bits per heavy atom. The average molecular weight is 437 g/mol. The van der Waals surface area contributed by atoms with Crippen molar-refractivity contribution in [3.8, 4) is 0 Å². The number of benzene rings is 2. The van der Waals surface area contributed by atoms with Gasteiger partial charge in [-0.3, -0.25) is 14.9 Å². The summed E-state index contributed by atoms with van der Waals surface area (Å²) < 4.78 is 13.7. The van der Waals surface area contributed by atoms with Gasteiger partial charge >= 0.3 is 0 Å². The van der Waals surface area contributed by atoms with Gasteiger partial charge in [0.15, 0.2) is 0 Å². The predicted molar refractivity (Wildman–Crippen MR) is 114 cm³/mol. The van der Waals surface area contributed by atoms with Gasteiger partial charge in [0.2, 0.25) is 0 Å². The van der Waals surface area contributed by atoms with Gasteiger partial charge in [-0.1, -0.05) is 11.6 Å². The molecule has 6 nitrogen and oxygen atoms in total. The van der Waals surface area contributed by atoms with Crippen molar-refractivity contribution in [1.82, 2.24) is 20.5 Å². The SMILES string of the molecule is O=C(NC1[C@H]2CC(O)(c3cc(Cl)cc4[nH]ncc34)C[C@@H]12)c1ccnc2ccc(F)cc12. The summed E-state index contributed by atoms with van der Waals surface area (Å²) in [7, 11) is 0. The maximum atomic E-state index is 13.7. The summed E-state index contributed by atoms with van der Waals surface area (Å²) in [4.78, 5) is 17.1. The number of halogens is 2. The molecule has 1 amide bonds. The quantitative estimate of drug-likeness (QED) is 0.454. The molecule has 0 bridgehead atoms. The van der Waals surface area contributed by atoms with Crippen LogP contribution in [0.5, 0.6) is 0 Å². The minimum Gasteiger partial charge on any atom is -0.385 e. The summed E-state index contributed by atoms with van der Waals surface area (Å²) in [6.45, 7) is 0. The lowest BCUT2D eigenvalue weighted by Gasteiger charge is -2.27. The fourth-order valence-corrected chi connectivity index (χ4v) is 5.46. The van der Waals surface area contributed by atoms with Crippen LogP contribution in [0.3, 0.4) is 0 Å². The topological polar surface area (TPSA) is 90.9 Å². The van der Waals surface area contributed by atoms with E-state index in [0.717, 1.165) is 16.5 Å². The number of nitrogens with one attached hydrogen (secondary N) is 2. The zero-order valence-corrected chi connectivity index (χ0v) is 17.0. The van der Waals surface area contributed by atoms with Crippen molar-refractivity contribution < 1.29 is 14.3 Å². The summed E-state index contributed by atoms with van der Waals surface area (Å²) in [6, 6.07) is 9.41. The van der Waals surface area contributed by atoms with E-state index in [1.807, 2.05) is 0 Å². The standard InChI is InChI=1S/C23H18ClFN4O2/c24-11-5-18(17-10-27-29-20(17)6-11)23(31)8-15-16(9-23)21(15)28-22(30)13-3-4-26-19-2-1-12(25)7-14(13)19/h1-7,10,15-16,21,31H,8-9H2,(H,27,29)(H,28,30)/t15-,16+,21?,23?. The molecule has 31 heavy (non-hydrogen) atoms. The number of aromatic nitrogens is 3. The van der Waals surface area contributed by atoms with E-state index in [9.17, 15) is 14.3 Å². The fourth-order valence-electron chi connectivity index (χ4n) is 5.25. The third-order valence-electron chi connectivity index (χ3n) is 6.75. The largest absolute Gasteiger partial charge is 0.385 e. The molecule has 0 saturated heterocycles. The minimum absolute atomic E-state index is 0.0106. The highest BCUT2D eigenvalue weighted by Gasteiger charge is 2.62. The molecule has 2 aliphatic rings. The van der Waals surface area contributed by atoms with E-state index in [1.165, 1.54) is 12.1 Å². The number of hydrogen-bond acceptors (Lipinski definition) is 4. The van der Waals surface area contributed by atoms with Gasteiger partial charge < -0.3 is 10.4 Å². The highest BCUT2D eigenvalue weighted by molar-refractivity contribution is 6.31. The molecule has 3 N–H and O–H groups in total. The van der Waals surface area contributed by atoms with Crippen LogP contribution in [0.15, 0.2) is 48.8 Å². The zero-order chi connectivity index (χ0) is 21.3. The molecule has 4 atom stereocenters. The van der Waals surface area contributed by atoms with Gasteiger partial charge in [0.25, 0.3) is 5.91 Å². The van der Waals surface area contributed by atoms with Crippen LogP contribution in [0.4, 0.5) is 4.39 Å². The van der Waals surface area contributed by atoms with Crippen molar-refractivity contribution in [2.75, 3.05) is 0 Å². The molecule has 2 fully saturated rings. The van der Waals surface area contributed by atoms with Gasteiger partial charge in [-0.2, -0.15) is 5.10 Å². The predicted octanol–water partition coefficient (Wildman–Crippen LogP) is 3.93.